The summed E-state index contributed by atoms with van der Waals surface area (Å²) < 4.78 is 38.3. The third-order valence-corrected chi connectivity index (χ3v) is 4.82. The second-order valence-electron chi connectivity index (χ2n) is 5.48. The number of nitrogens with zero attached hydrogens (tertiary/aromatic N) is 3. The molecule has 1 saturated heterocycles. The zero-order valence-corrected chi connectivity index (χ0v) is 14.6. The number of nitrogens with one attached hydrogen (secondary N) is 1. The molecule has 1 rings (SSSR count). The van der Waals surface area contributed by atoms with Gasteiger partial charge in [0.1, 0.15) is 6.04 Å². The largest absolute Gasteiger partial charge is 0.403 e. The number of piperazine rings is 1. The minimum absolute atomic E-state index is 0.406. The molecule has 0 bridgehead atoms. The predicted octanol–water partition coefficient (Wildman–Crippen LogP) is 2.27. The van der Waals surface area contributed by atoms with Crippen LogP contribution in [0.25, 0.3) is 0 Å². The first kappa shape index (κ1) is 19.4. The summed E-state index contributed by atoms with van der Waals surface area (Å²) in [7, 11) is 0. The summed E-state index contributed by atoms with van der Waals surface area (Å²) in [5, 5.41) is 3.66. The third kappa shape index (κ3) is 5.87. The molecule has 0 aromatic heterocycles. The van der Waals surface area contributed by atoms with E-state index in [2.05, 4.69) is 22.1 Å². The molecule has 0 aromatic carbocycles. The molecule has 1 aliphatic rings. The molecule has 0 aromatic rings. The van der Waals surface area contributed by atoms with Gasteiger partial charge in [-0.3, -0.25) is 9.89 Å². The van der Waals surface area contributed by atoms with Gasteiger partial charge in [0.05, 0.1) is 6.54 Å². The monoisotopic (exact) mass is 340 g/mol. The van der Waals surface area contributed by atoms with Crippen molar-refractivity contribution in [2.24, 2.45) is 4.99 Å². The van der Waals surface area contributed by atoms with Crippen molar-refractivity contribution in [2.45, 2.75) is 38.2 Å². The maximum absolute atomic E-state index is 12.8. The lowest BCUT2D eigenvalue weighted by molar-refractivity contribution is -0.181. The maximum Gasteiger partial charge on any atom is 0.403 e. The van der Waals surface area contributed by atoms with E-state index < -0.39 is 12.2 Å². The highest BCUT2D eigenvalue weighted by Crippen LogP contribution is 2.25. The van der Waals surface area contributed by atoms with Gasteiger partial charge in [0, 0.05) is 38.0 Å². The van der Waals surface area contributed by atoms with Crippen LogP contribution in [0.1, 0.15) is 20.8 Å². The Labute approximate surface area is 135 Å². The molecule has 0 aliphatic carbocycles. The van der Waals surface area contributed by atoms with Crippen molar-refractivity contribution in [3.63, 3.8) is 0 Å². The fourth-order valence-electron chi connectivity index (χ4n) is 2.24. The summed E-state index contributed by atoms with van der Waals surface area (Å²) in [5.41, 5.74) is 0. The van der Waals surface area contributed by atoms with Gasteiger partial charge < -0.3 is 10.2 Å². The van der Waals surface area contributed by atoms with Crippen molar-refractivity contribution in [1.29, 1.82) is 0 Å². The summed E-state index contributed by atoms with van der Waals surface area (Å²) in [5.74, 6) is 0.808. The Bertz CT molecular complexity index is 354. The van der Waals surface area contributed by atoms with E-state index in [4.69, 9.17) is 0 Å². The molecule has 2 unspecified atom stereocenters. The lowest BCUT2D eigenvalue weighted by Gasteiger charge is -2.39. The molecule has 1 heterocycles. The quantitative estimate of drug-likeness (QED) is 0.614. The molecule has 8 heteroatoms. The van der Waals surface area contributed by atoms with Crippen LogP contribution in [0.4, 0.5) is 13.2 Å². The molecular formula is C14H27F3N4S. The van der Waals surface area contributed by atoms with Crippen LogP contribution in [0.15, 0.2) is 4.99 Å². The number of hydrogen-bond acceptors (Lipinski definition) is 3. The van der Waals surface area contributed by atoms with E-state index in [0.717, 1.165) is 12.5 Å². The lowest BCUT2D eigenvalue weighted by Crippen LogP contribution is -2.56. The Balaban J connectivity index is 2.59. The smallest absolute Gasteiger partial charge is 0.357 e. The zero-order chi connectivity index (χ0) is 16.8. The minimum atomic E-state index is -4.16. The van der Waals surface area contributed by atoms with Gasteiger partial charge in [-0.2, -0.15) is 24.9 Å². The number of thioether (sulfide) groups is 1. The van der Waals surface area contributed by atoms with Gasteiger partial charge in [-0.15, -0.1) is 0 Å². The van der Waals surface area contributed by atoms with Crippen LogP contribution in [-0.4, -0.2) is 78.8 Å². The third-order valence-electron chi connectivity index (χ3n) is 3.87. The zero-order valence-electron chi connectivity index (χ0n) is 13.8. The topological polar surface area (TPSA) is 30.9 Å². The van der Waals surface area contributed by atoms with Crippen LogP contribution >= 0.6 is 11.8 Å². The van der Waals surface area contributed by atoms with Gasteiger partial charge in [0.25, 0.3) is 0 Å². The molecule has 1 N–H and O–H groups in total. The Morgan fingerprint density at radius 2 is 1.82 bits per heavy atom. The average molecular weight is 340 g/mol. The van der Waals surface area contributed by atoms with E-state index in [0.29, 0.717) is 38.0 Å². The van der Waals surface area contributed by atoms with E-state index in [1.807, 2.05) is 13.2 Å². The number of hydrogen-bond donors (Lipinski definition) is 1. The molecule has 1 fully saturated rings. The molecule has 1 aliphatic heterocycles. The Hall–Kier alpha value is -0.630. The molecule has 0 saturated carbocycles. The Morgan fingerprint density at radius 3 is 2.27 bits per heavy atom. The van der Waals surface area contributed by atoms with E-state index in [9.17, 15) is 13.2 Å². The molecule has 0 amide bonds. The first-order valence-corrected chi connectivity index (χ1v) is 8.95. The van der Waals surface area contributed by atoms with Crippen molar-refractivity contribution in [2.75, 3.05) is 45.5 Å². The van der Waals surface area contributed by atoms with Crippen molar-refractivity contribution < 1.29 is 13.2 Å². The van der Waals surface area contributed by atoms with E-state index >= 15 is 0 Å². The van der Waals surface area contributed by atoms with Crippen LogP contribution < -0.4 is 5.32 Å². The fourth-order valence-corrected chi connectivity index (χ4v) is 2.47. The fraction of sp³-hybridized carbons (Fsp3) is 0.929. The van der Waals surface area contributed by atoms with E-state index in [1.165, 1.54) is 11.8 Å². The van der Waals surface area contributed by atoms with E-state index in [1.54, 1.807) is 11.8 Å². The van der Waals surface area contributed by atoms with Crippen LogP contribution in [0.3, 0.4) is 0 Å². The van der Waals surface area contributed by atoms with Gasteiger partial charge in [0.2, 0.25) is 0 Å². The van der Waals surface area contributed by atoms with Gasteiger partial charge in [-0.05, 0) is 20.1 Å². The van der Waals surface area contributed by atoms with Crippen LogP contribution in [0.5, 0.6) is 0 Å². The second kappa shape index (κ2) is 8.86. The average Bonchev–Trinajstić information content (AvgIpc) is 2.49. The Kier molecular flexibility index (Phi) is 7.82. The van der Waals surface area contributed by atoms with E-state index in [-0.39, 0.29) is 0 Å². The number of rotatable bonds is 5. The number of halogens is 3. The highest BCUT2D eigenvalue weighted by molar-refractivity contribution is 7.99. The first-order valence-electron chi connectivity index (χ1n) is 7.66. The van der Waals surface area contributed by atoms with Crippen LogP contribution in [-0.2, 0) is 0 Å². The summed E-state index contributed by atoms with van der Waals surface area (Å²) in [6, 6.07) is -1.38. The van der Waals surface area contributed by atoms with Gasteiger partial charge in [-0.25, -0.2) is 0 Å². The summed E-state index contributed by atoms with van der Waals surface area (Å²) in [6.45, 7) is 8.76. The molecule has 22 heavy (non-hydrogen) atoms. The molecule has 0 spiro atoms. The standard InChI is InChI=1S/C14H27F3N4S/c1-5-18-13(19-10-11(2)22-4)21-8-6-20(7-9-21)12(3)14(15,16)17/h11-12H,5-10H2,1-4H3,(H,18,19). The molecule has 0 radical (unpaired) electrons. The summed E-state index contributed by atoms with van der Waals surface area (Å²) in [4.78, 5) is 8.14. The van der Waals surface area contributed by atoms with Gasteiger partial charge in [0.15, 0.2) is 5.96 Å². The highest BCUT2D eigenvalue weighted by Gasteiger charge is 2.41. The second-order valence-corrected chi connectivity index (χ2v) is 6.76. The van der Waals surface area contributed by atoms with Crippen LogP contribution in [0, 0.1) is 0 Å². The van der Waals surface area contributed by atoms with Gasteiger partial charge in [-0.1, -0.05) is 6.92 Å². The maximum atomic E-state index is 12.8. The SMILES string of the molecule is CCNC(=NCC(C)SC)N1CCN(C(C)C(F)(F)F)CC1. The predicted molar refractivity (Wildman–Crippen MR) is 87.6 cm³/mol. The normalized spacial score (nSPS) is 20.9. The highest BCUT2D eigenvalue weighted by atomic mass is 32.2. The number of guanidine groups is 1. The number of alkyl halides is 3. The Morgan fingerprint density at radius 1 is 1.23 bits per heavy atom. The van der Waals surface area contributed by atoms with Crippen molar-refractivity contribution >= 4 is 17.7 Å². The summed E-state index contributed by atoms with van der Waals surface area (Å²) in [6.07, 6.45) is -2.11. The molecule has 4 nitrogen and oxygen atoms in total. The first-order chi connectivity index (χ1) is 10.3. The minimum Gasteiger partial charge on any atom is -0.357 e. The molecule has 2 atom stereocenters. The van der Waals surface area contributed by atoms with Crippen molar-refractivity contribution in [3.8, 4) is 0 Å². The summed E-state index contributed by atoms with van der Waals surface area (Å²) >= 11 is 1.75. The lowest BCUT2D eigenvalue weighted by atomic mass is 10.2. The van der Waals surface area contributed by atoms with Gasteiger partial charge >= 0.3 is 6.18 Å². The van der Waals surface area contributed by atoms with Crippen molar-refractivity contribution in [1.82, 2.24) is 15.1 Å². The molecular weight excluding hydrogens is 313 g/mol. The van der Waals surface area contributed by atoms with Crippen LogP contribution in [0.2, 0.25) is 0 Å². The molecule has 130 valence electrons. The number of aliphatic imine (C=N–C) groups is 1. The van der Waals surface area contributed by atoms with Crippen molar-refractivity contribution in [3.05, 3.63) is 0 Å².